The van der Waals surface area contributed by atoms with Crippen LogP contribution in [0.1, 0.15) is 19.8 Å². The van der Waals surface area contributed by atoms with Gasteiger partial charge in [-0.2, -0.15) is 0 Å². The Bertz CT molecular complexity index is 292. The minimum absolute atomic E-state index is 0.770. The summed E-state index contributed by atoms with van der Waals surface area (Å²) in [7, 11) is 0. The van der Waals surface area contributed by atoms with Crippen molar-refractivity contribution in [3.05, 3.63) is 24.3 Å². The molecule has 0 aliphatic heterocycles. The van der Waals surface area contributed by atoms with Crippen molar-refractivity contribution in [1.82, 2.24) is 0 Å². The summed E-state index contributed by atoms with van der Waals surface area (Å²) in [6, 6.07) is 7.77. The summed E-state index contributed by atoms with van der Waals surface area (Å²) < 4.78 is 5.54. The zero-order chi connectivity index (χ0) is 11.3. The second kappa shape index (κ2) is 5.78. The summed E-state index contributed by atoms with van der Waals surface area (Å²) in [6.45, 7) is 2.60. The lowest BCUT2D eigenvalue weighted by Crippen LogP contribution is -2.32. The first-order valence-electron chi connectivity index (χ1n) is 5.15. The molecule has 15 heavy (non-hydrogen) atoms. The molecule has 0 saturated carbocycles. The number of ether oxygens (including phenoxy) is 1. The average Bonchev–Trinajstić information content (AvgIpc) is 2.18. The minimum atomic E-state index is -2.21. The predicted octanol–water partition coefficient (Wildman–Crippen LogP) is 3.62. The van der Waals surface area contributed by atoms with Crippen LogP contribution in [0.25, 0.3) is 0 Å². The highest BCUT2D eigenvalue weighted by molar-refractivity contribution is 7.50. The lowest BCUT2D eigenvalue weighted by atomic mass is 10.3. The Morgan fingerprint density at radius 2 is 1.80 bits per heavy atom. The summed E-state index contributed by atoms with van der Waals surface area (Å²) in [6.07, 6.45) is 2.23. The van der Waals surface area contributed by atoms with Gasteiger partial charge in [-0.25, -0.2) is 0 Å². The van der Waals surface area contributed by atoms with Gasteiger partial charge in [0, 0.05) is 0 Å². The Labute approximate surface area is 102 Å². The standard InChI is InChI=1S/C11H16Cl2OSi/c1-3-4-9-14-10-5-7-11(8-6-10)15(2,12)13/h5-8H,3-4,9H2,1-2H3. The van der Waals surface area contributed by atoms with Crippen molar-refractivity contribution < 1.29 is 4.74 Å². The van der Waals surface area contributed by atoms with Crippen LogP contribution in [-0.4, -0.2) is 13.3 Å². The van der Waals surface area contributed by atoms with Crippen LogP contribution >= 0.6 is 22.2 Å². The van der Waals surface area contributed by atoms with Crippen molar-refractivity contribution >= 4 is 34.0 Å². The van der Waals surface area contributed by atoms with E-state index in [1.54, 1.807) is 0 Å². The molecule has 1 aromatic rings. The maximum atomic E-state index is 6.10. The van der Waals surface area contributed by atoms with Gasteiger partial charge in [-0.3, -0.25) is 0 Å². The highest BCUT2D eigenvalue weighted by Crippen LogP contribution is 2.16. The van der Waals surface area contributed by atoms with E-state index in [1.807, 2.05) is 30.8 Å². The lowest BCUT2D eigenvalue weighted by Gasteiger charge is -2.11. The highest BCUT2D eigenvalue weighted by atomic mass is 35.7. The predicted molar refractivity (Wildman–Crippen MR) is 69.8 cm³/mol. The molecule has 1 nitrogen and oxygen atoms in total. The molecule has 4 heteroatoms. The average molecular weight is 263 g/mol. The molecule has 0 unspecified atom stereocenters. The van der Waals surface area contributed by atoms with Crippen molar-refractivity contribution in [3.8, 4) is 5.75 Å². The van der Waals surface area contributed by atoms with E-state index in [9.17, 15) is 0 Å². The van der Waals surface area contributed by atoms with E-state index in [-0.39, 0.29) is 0 Å². The minimum Gasteiger partial charge on any atom is -0.494 e. The van der Waals surface area contributed by atoms with Gasteiger partial charge in [0.05, 0.1) is 6.61 Å². The van der Waals surface area contributed by atoms with Crippen molar-refractivity contribution in [2.45, 2.75) is 26.3 Å². The lowest BCUT2D eigenvalue weighted by molar-refractivity contribution is 0.309. The largest absolute Gasteiger partial charge is 0.494 e. The molecule has 0 heterocycles. The molecule has 0 aromatic heterocycles. The van der Waals surface area contributed by atoms with E-state index in [4.69, 9.17) is 26.9 Å². The first-order valence-corrected chi connectivity index (χ1v) is 9.67. The van der Waals surface area contributed by atoms with Crippen LogP contribution in [0.5, 0.6) is 5.75 Å². The van der Waals surface area contributed by atoms with Crippen LogP contribution in [0.15, 0.2) is 24.3 Å². The van der Waals surface area contributed by atoms with Gasteiger partial charge in [0.2, 0.25) is 0 Å². The number of rotatable bonds is 5. The number of benzene rings is 1. The molecule has 0 saturated heterocycles. The maximum absolute atomic E-state index is 6.10. The van der Waals surface area contributed by atoms with E-state index in [1.165, 1.54) is 0 Å². The molecule has 0 N–H and O–H groups in total. The quantitative estimate of drug-likeness (QED) is 0.448. The summed E-state index contributed by atoms with van der Waals surface area (Å²) in [5.41, 5.74) is 0. The van der Waals surface area contributed by atoms with Gasteiger partial charge in [0.15, 0.2) is 0 Å². The third-order valence-corrected chi connectivity index (χ3v) is 4.78. The summed E-state index contributed by atoms with van der Waals surface area (Å²) in [5, 5.41) is 1.02. The maximum Gasteiger partial charge on any atom is 0.277 e. The van der Waals surface area contributed by atoms with Crippen molar-refractivity contribution in [3.63, 3.8) is 0 Å². The molecule has 0 amide bonds. The zero-order valence-corrected chi connectivity index (χ0v) is 11.6. The van der Waals surface area contributed by atoms with E-state index in [0.717, 1.165) is 30.4 Å². The van der Waals surface area contributed by atoms with Gasteiger partial charge >= 0.3 is 0 Å². The van der Waals surface area contributed by atoms with Gasteiger partial charge in [-0.1, -0.05) is 25.5 Å². The Hall–Kier alpha value is -0.183. The third kappa shape index (κ3) is 4.45. The molecule has 0 radical (unpaired) electrons. The van der Waals surface area contributed by atoms with Gasteiger partial charge < -0.3 is 4.74 Å². The van der Waals surface area contributed by atoms with Crippen molar-refractivity contribution in [2.24, 2.45) is 0 Å². The second-order valence-electron chi connectivity index (χ2n) is 3.61. The number of hydrogen-bond donors (Lipinski definition) is 0. The van der Waals surface area contributed by atoms with Gasteiger partial charge in [-0.05, 0) is 30.3 Å². The molecule has 0 aliphatic carbocycles. The molecule has 1 aromatic carbocycles. The fourth-order valence-corrected chi connectivity index (χ4v) is 2.69. The van der Waals surface area contributed by atoms with Crippen molar-refractivity contribution in [2.75, 3.05) is 6.61 Å². The summed E-state index contributed by atoms with van der Waals surface area (Å²) in [5.74, 6) is 0.888. The summed E-state index contributed by atoms with van der Waals surface area (Å²) >= 11 is 12.2. The van der Waals surface area contributed by atoms with Gasteiger partial charge in [0.1, 0.15) is 5.75 Å². The molecule has 0 bridgehead atoms. The third-order valence-electron chi connectivity index (χ3n) is 2.13. The normalized spacial score (nSPS) is 11.5. The fourth-order valence-electron chi connectivity index (χ4n) is 1.18. The SMILES string of the molecule is CCCCOc1ccc([Si](C)(Cl)Cl)cc1. The van der Waals surface area contributed by atoms with Crippen LogP contribution in [0.4, 0.5) is 0 Å². The first kappa shape index (κ1) is 12.9. The smallest absolute Gasteiger partial charge is 0.277 e. The zero-order valence-electron chi connectivity index (χ0n) is 9.09. The number of halogens is 2. The molecule has 0 fully saturated rings. The van der Waals surface area contributed by atoms with Crippen LogP contribution in [0.2, 0.25) is 6.55 Å². The van der Waals surface area contributed by atoms with E-state index in [0.29, 0.717) is 0 Å². The van der Waals surface area contributed by atoms with Crippen LogP contribution in [0.3, 0.4) is 0 Å². The number of unbranched alkanes of at least 4 members (excludes halogenated alkanes) is 1. The van der Waals surface area contributed by atoms with Gasteiger partial charge in [-0.15, -0.1) is 22.2 Å². The Morgan fingerprint density at radius 3 is 2.27 bits per heavy atom. The first-order chi connectivity index (χ1) is 7.04. The number of hydrogen-bond acceptors (Lipinski definition) is 1. The fraction of sp³-hybridized carbons (Fsp3) is 0.455. The Morgan fingerprint density at radius 1 is 1.20 bits per heavy atom. The Balaban J connectivity index is 2.57. The Kier molecular flexibility index (Phi) is 4.96. The van der Waals surface area contributed by atoms with E-state index < -0.39 is 6.69 Å². The molecule has 1 rings (SSSR count). The molecular weight excluding hydrogens is 247 g/mol. The van der Waals surface area contributed by atoms with Crippen molar-refractivity contribution in [1.29, 1.82) is 0 Å². The molecular formula is C11H16Cl2OSi. The van der Waals surface area contributed by atoms with E-state index in [2.05, 4.69) is 6.92 Å². The molecule has 84 valence electrons. The molecule has 0 atom stereocenters. The molecule has 0 aliphatic rings. The highest BCUT2D eigenvalue weighted by Gasteiger charge is 2.23. The monoisotopic (exact) mass is 262 g/mol. The topological polar surface area (TPSA) is 9.23 Å². The molecule has 0 spiro atoms. The van der Waals surface area contributed by atoms with Crippen LogP contribution in [0, 0.1) is 0 Å². The van der Waals surface area contributed by atoms with Crippen LogP contribution < -0.4 is 9.92 Å². The summed E-state index contributed by atoms with van der Waals surface area (Å²) in [4.78, 5) is 0. The van der Waals surface area contributed by atoms with E-state index >= 15 is 0 Å². The van der Waals surface area contributed by atoms with Crippen LogP contribution in [-0.2, 0) is 0 Å². The second-order valence-corrected chi connectivity index (χ2v) is 11.1. The van der Waals surface area contributed by atoms with Gasteiger partial charge in [0.25, 0.3) is 6.69 Å².